The summed E-state index contributed by atoms with van der Waals surface area (Å²) >= 11 is 0. The van der Waals surface area contributed by atoms with Gasteiger partial charge in [0.2, 0.25) is 29.5 Å². The minimum Gasteiger partial charge on any atom is -0.394 e. The fourth-order valence-electron chi connectivity index (χ4n) is 10.7. The van der Waals surface area contributed by atoms with Crippen molar-refractivity contribution in [2.75, 3.05) is 106 Å². The van der Waals surface area contributed by atoms with Crippen LogP contribution in [0.2, 0.25) is 0 Å². The molecule has 0 unspecified atom stereocenters. The van der Waals surface area contributed by atoms with Crippen LogP contribution in [0.25, 0.3) is 0 Å². The van der Waals surface area contributed by atoms with Gasteiger partial charge in [-0.3, -0.25) is 38.5 Å². The summed E-state index contributed by atoms with van der Waals surface area (Å²) in [5.74, 6) is -2.12. The van der Waals surface area contributed by atoms with Gasteiger partial charge in [0.25, 0.3) is 0 Å². The highest BCUT2D eigenvalue weighted by atomic mass is 16.8. The topological polar surface area (TPSA) is 645 Å². The highest BCUT2D eigenvalue weighted by Gasteiger charge is 2.53. The number of likely N-dealkylation sites (N-methyl/N-ethyl adjacent to an activating group) is 1. The van der Waals surface area contributed by atoms with Crippen LogP contribution in [-0.4, -0.2) is 392 Å². The van der Waals surface area contributed by atoms with Crippen LogP contribution in [-0.2, 0) is 80.9 Å². The summed E-state index contributed by atoms with van der Waals surface area (Å²) in [4.78, 5) is 84.3. The van der Waals surface area contributed by atoms with E-state index in [2.05, 4.69) is 26.6 Å². The third-order valence-electron chi connectivity index (χ3n) is 16.4. The molecule has 0 saturated carbocycles. The second-order valence-corrected chi connectivity index (χ2v) is 24.9. The molecule has 24 N–H and O–H groups in total. The summed E-state index contributed by atoms with van der Waals surface area (Å²) in [5, 5.41) is 185. The van der Waals surface area contributed by atoms with Gasteiger partial charge in [-0.15, -0.1) is 0 Å². The van der Waals surface area contributed by atoms with E-state index in [9.17, 15) is 115 Å². The average molecular weight is 1500 g/mol. The molecule has 5 fully saturated rings. The van der Waals surface area contributed by atoms with Crippen molar-refractivity contribution in [2.45, 2.75) is 246 Å². The van der Waals surface area contributed by atoms with Crippen molar-refractivity contribution < 1.29 is 168 Å². The van der Waals surface area contributed by atoms with E-state index in [-0.39, 0.29) is 76.5 Å². The van der Waals surface area contributed by atoms with Gasteiger partial charge in [-0.05, 0) is 59.9 Å². The third-order valence-corrected chi connectivity index (χ3v) is 16.4. The van der Waals surface area contributed by atoms with Gasteiger partial charge in [-0.1, -0.05) is 13.8 Å². The molecule has 0 aromatic carbocycles. The van der Waals surface area contributed by atoms with Crippen molar-refractivity contribution in [2.24, 2.45) is 5.73 Å². The zero-order chi connectivity index (χ0) is 76.3. The first-order valence-corrected chi connectivity index (χ1v) is 33.8. The summed E-state index contributed by atoms with van der Waals surface area (Å²) in [6.07, 6.45) is -34.9. The molecule has 5 aliphatic heterocycles. The number of primary amides is 1. The van der Waals surface area contributed by atoms with E-state index >= 15 is 0 Å². The minimum atomic E-state index is -1.97. The number of unbranched alkanes of at least 4 members (excludes halogenated alkanes) is 3. The predicted octanol–water partition coefficient (Wildman–Crippen LogP) is -11.7. The number of ether oxygens (including phenoxy) is 10. The molecule has 5 saturated heterocycles. The van der Waals surface area contributed by atoms with Gasteiger partial charge in [0.05, 0.1) is 78.5 Å². The van der Waals surface area contributed by atoms with Crippen molar-refractivity contribution in [1.82, 2.24) is 31.5 Å². The Kier molecular flexibility index (Phi) is 46.1. The molecule has 5 heterocycles. The van der Waals surface area contributed by atoms with Crippen molar-refractivity contribution >= 4 is 41.1 Å². The number of aliphatic hydroxyl groups is 17. The molecule has 0 bridgehead atoms. The molecule has 0 aliphatic carbocycles. The molecule has 0 radical (unpaired) electrons. The summed E-state index contributed by atoms with van der Waals surface area (Å²) in [6.45, 7) is 0.902. The van der Waals surface area contributed by atoms with Crippen molar-refractivity contribution in [1.29, 1.82) is 0 Å². The Bertz CT molecular complexity index is 2440. The lowest BCUT2D eigenvalue weighted by molar-refractivity contribution is -0.366. The van der Waals surface area contributed by atoms with Gasteiger partial charge in [0.1, 0.15) is 128 Å². The lowest BCUT2D eigenvalue weighted by Crippen LogP contribution is -2.65. The van der Waals surface area contributed by atoms with Gasteiger partial charge in [-0.25, -0.2) is 0 Å². The maximum atomic E-state index is 13.2. The van der Waals surface area contributed by atoms with Gasteiger partial charge in [0.15, 0.2) is 31.5 Å². The number of nitrogens with one attached hydrogen (secondary N) is 5. The van der Waals surface area contributed by atoms with Crippen molar-refractivity contribution in [3.8, 4) is 0 Å². The zero-order valence-electron chi connectivity index (χ0n) is 57.7. The number of rotatable bonds is 41. The molecule has 103 heavy (non-hydrogen) atoms. The predicted molar refractivity (Wildman–Crippen MR) is 349 cm³/mol. The normalized spacial score (nSPS) is 33.6. The Balaban J connectivity index is 0.000000962. The number of hydrogen-bond donors (Lipinski definition) is 23. The molecule has 41 nitrogen and oxygen atoms in total. The monoisotopic (exact) mass is 1500 g/mol. The zero-order valence-corrected chi connectivity index (χ0v) is 57.7. The molecule has 5 amide bonds. The maximum absolute atomic E-state index is 13.2. The van der Waals surface area contributed by atoms with Crippen LogP contribution in [0.4, 0.5) is 0 Å². The molecule has 41 heteroatoms. The van der Waals surface area contributed by atoms with Crippen molar-refractivity contribution in [3.63, 3.8) is 0 Å². The number of ketones is 2. The third kappa shape index (κ3) is 32.5. The van der Waals surface area contributed by atoms with E-state index in [4.69, 9.17) is 58.2 Å². The second kappa shape index (κ2) is 50.2. The molecule has 25 atom stereocenters. The van der Waals surface area contributed by atoms with E-state index in [1.807, 2.05) is 6.92 Å². The first-order valence-electron chi connectivity index (χ1n) is 33.8. The van der Waals surface area contributed by atoms with Crippen LogP contribution in [0.1, 0.15) is 92.4 Å². The van der Waals surface area contributed by atoms with E-state index in [0.717, 1.165) is 0 Å². The standard InChI is InChI=1S/C42H75N5O25.C15H27NO8.C4H9NO.CH4/c1-3-43-23(50)7-5-4-6-8-44-24(51)13-47(14-25(52)45-9-11-65-39-34(61)31(58)27(54)19(2)68-39)15-26(53)46-10-12-66-41-37(64)38(72-42-36(63)33(60)29(56)21(17-49)70-42)30(57)22(71-41)18-67-40-35(62)32(59)28(55)20(16-48)69-40;16-11(19)6-2-1-4-9(18)5-3-7-23-15-14(22)13(21)12(20)10(8-17)24-15;1-4(6)3-5-2;/h19-22,27-42,48-49,54-64H,3-18H2,1-2H3,(H,43,50)(H,44,51)(H,45,52)(H,46,53);10,12-15,17,20-22H,1-8H2,(H2,16,19);5H,3H2,1-2H3;1H4/t19-,20+,21+,22+,27+,28+,29+,30+,31-,32-,33-,34-,35-,36-,37-,38-,39+,40-,41-,42+;10-,12-,13+,14+,15-;;/m01../s1. The minimum absolute atomic E-state index is 0. The Labute approximate surface area is 596 Å². The first kappa shape index (κ1) is 94.6. The van der Waals surface area contributed by atoms with E-state index in [0.29, 0.717) is 64.5 Å². The fraction of sp³-hybridized carbons (Fsp3) is 0.887. The van der Waals surface area contributed by atoms with E-state index in [1.165, 1.54) is 11.8 Å². The van der Waals surface area contributed by atoms with Crippen LogP contribution in [0.15, 0.2) is 0 Å². The molecule has 5 rings (SSSR count). The Morgan fingerprint density at radius 3 is 1.30 bits per heavy atom. The molecule has 0 aromatic heterocycles. The molecular weight excluding hydrogens is 1390 g/mol. The molecule has 0 spiro atoms. The largest absolute Gasteiger partial charge is 0.394 e. The molecule has 0 aromatic rings. The SMILES string of the molecule is C.CCNC(=O)CCCCCNC(=O)CN(CC(=O)NCCO[C@@H]1O[C@@H](C)[C@@H](O)[C@H](O)[C@@H]1O)CC(=O)NCCO[C@H]1O[C@H](CO[C@H]2O[C@H](CO)[C@@H](O)[C@H](O)[C@@H]2O)[C@@H](O)[C@H](O[C@H]2O[C@H](CO)[C@@H](O)[C@H](O)[C@@H]2O)[C@@H]1O.CNCC(C)=O.NC(=O)CCCCC(=O)CCCO[C@@H]1O[C@H](CO)[C@@H](O)[C@H](O)[C@@H]1O. The van der Waals surface area contributed by atoms with Crippen LogP contribution in [0.3, 0.4) is 0 Å². The van der Waals surface area contributed by atoms with Gasteiger partial charge in [0, 0.05) is 51.9 Å². The van der Waals surface area contributed by atoms with Gasteiger partial charge >= 0.3 is 0 Å². The van der Waals surface area contributed by atoms with Crippen LogP contribution in [0, 0.1) is 0 Å². The number of hydrogen-bond acceptors (Lipinski definition) is 36. The lowest BCUT2D eigenvalue weighted by Gasteiger charge is -2.46. The maximum Gasteiger partial charge on any atom is 0.234 e. The smallest absolute Gasteiger partial charge is 0.234 e. The lowest BCUT2D eigenvalue weighted by atomic mass is 9.96. The molecule has 5 aliphatic rings. The Morgan fingerprint density at radius 2 is 0.835 bits per heavy atom. The number of amides is 5. The quantitative estimate of drug-likeness (QED) is 0.0253. The number of Topliss-reactive ketones (excluding diaryl/α,β-unsaturated/α-hetero) is 2. The second-order valence-electron chi connectivity index (χ2n) is 24.9. The summed E-state index contributed by atoms with van der Waals surface area (Å²) in [6, 6.07) is 0. The van der Waals surface area contributed by atoms with E-state index in [1.54, 1.807) is 14.0 Å². The summed E-state index contributed by atoms with van der Waals surface area (Å²) in [5.41, 5.74) is 5.01. The molecular formula is C62H115N7O34. The fourth-order valence-corrected chi connectivity index (χ4v) is 10.7. The number of carbonyl (C=O) groups is 7. The Hall–Kier alpha value is -4.47. The van der Waals surface area contributed by atoms with Crippen LogP contribution < -0.4 is 32.3 Å². The summed E-state index contributed by atoms with van der Waals surface area (Å²) < 4.78 is 54.7. The number of carbonyl (C=O) groups excluding carboxylic acids is 7. The first-order chi connectivity index (χ1) is 48.3. The van der Waals surface area contributed by atoms with Gasteiger partial charge in [-0.2, -0.15) is 0 Å². The highest BCUT2D eigenvalue weighted by molar-refractivity contribution is 5.84. The van der Waals surface area contributed by atoms with Crippen LogP contribution >= 0.6 is 0 Å². The van der Waals surface area contributed by atoms with Crippen LogP contribution in [0.5, 0.6) is 0 Å². The number of nitrogens with zero attached hydrogens (tertiary/aromatic N) is 1. The summed E-state index contributed by atoms with van der Waals surface area (Å²) in [7, 11) is 1.75. The average Bonchev–Trinajstić information content (AvgIpc) is 0.795. The van der Waals surface area contributed by atoms with Crippen molar-refractivity contribution in [3.05, 3.63) is 0 Å². The number of aliphatic hydroxyl groups excluding tert-OH is 17. The Morgan fingerprint density at radius 1 is 0.427 bits per heavy atom. The molecule has 602 valence electrons. The van der Waals surface area contributed by atoms with E-state index < -0.39 is 224 Å². The number of nitrogens with two attached hydrogens (primary N) is 1. The highest BCUT2D eigenvalue weighted by Crippen LogP contribution is 2.32. The van der Waals surface area contributed by atoms with Gasteiger partial charge < -0.3 is 166 Å².